The van der Waals surface area contributed by atoms with Crippen LogP contribution in [0.5, 0.6) is 0 Å². The Hall–Kier alpha value is -1.12. The zero-order chi connectivity index (χ0) is 12.3. The van der Waals surface area contributed by atoms with Crippen molar-refractivity contribution in [2.45, 2.75) is 33.9 Å². The fourth-order valence-corrected chi connectivity index (χ4v) is 2.76. The molecule has 0 aliphatic heterocycles. The van der Waals surface area contributed by atoms with Gasteiger partial charge < -0.3 is 5.32 Å². The minimum Gasteiger partial charge on any atom is -0.308 e. The SMILES string of the molecule is Cc1ccc(CNCc2cccc(C)c2C)s1. The lowest BCUT2D eigenvalue weighted by molar-refractivity contribution is 0.697. The maximum absolute atomic E-state index is 3.51. The van der Waals surface area contributed by atoms with Crippen molar-refractivity contribution in [3.8, 4) is 0 Å². The first-order valence-corrected chi connectivity index (χ1v) is 6.79. The number of nitrogens with one attached hydrogen (secondary N) is 1. The van der Waals surface area contributed by atoms with Crippen molar-refractivity contribution in [3.05, 3.63) is 56.8 Å². The summed E-state index contributed by atoms with van der Waals surface area (Å²) in [5.74, 6) is 0. The topological polar surface area (TPSA) is 12.0 Å². The molecule has 0 spiro atoms. The normalized spacial score (nSPS) is 10.8. The average molecular weight is 245 g/mol. The molecule has 90 valence electrons. The Morgan fingerprint density at radius 3 is 2.53 bits per heavy atom. The van der Waals surface area contributed by atoms with E-state index in [4.69, 9.17) is 0 Å². The first kappa shape index (κ1) is 12.3. The van der Waals surface area contributed by atoms with Crippen LogP contribution in [0.3, 0.4) is 0 Å². The molecule has 1 N–H and O–H groups in total. The quantitative estimate of drug-likeness (QED) is 0.859. The van der Waals surface area contributed by atoms with Crippen LogP contribution >= 0.6 is 11.3 Å². The van der Waals surface area contributed by atoms with E-state index in [2.05, 4.69) is 56.4 Å². The minimum absolute atomic E-state index is 0.949. The van der Waals surface area contributed by atoms with Gasteiger partial charge in [0.2, 0.25) is 0 Å². The molecule has 17 heavy (non-hydrogen) atoms. The van der Waals surface area contributed by atoms with Crippen molar-refractivity contribution in [3.63, 3.8) is 0 Å². The molecule has 0 radical (unpaired) electrons. The van der Waals surface area contributed by atoms with Gasteiger partial charge >= 0.3 is 0 Å². The second-order valence-electron chi connectivity index (χ2n) is 4.47. The Morgan fingerprint density at radius 1 is 1.00 bits per heavy atom. The lowest BCUT2D eigenvalue weighted by Crippen LogP contribution is -2.12. The summed E-state index contributed by atoms with van der Waals surface area (Å²) in [6.45, 7) is 8.43. The molecule has 1 heterocycles. The van der Waals surface area contributed by atoms with E-state index in [9.17, 15) is 0 Å². The second-order valence-corrected chi connectivity index (χ2v) is 5.85. The van der Waals surface area contributed by atoms with E-state index in [0.29, 0.717) is 0 Å². The largest absolute Gasteiger partial charge is 0.308 e. The van der Waals surface area contributed by atoms with E-state index < -0.39 is 0 Å². The van der Waals surface area contributed by atoms with E-state index in [-0.39, 0.29) is 0 Å². The zero-order valence-corrected chi connectivity index (χ0v) is 11.5. The Bertz CT molecular complexity index is 499. The third-order valence-corrected chi connectivity index (χ3v) is 4.13. The number of thiophene rings is 1. The van der Waals surface area contributed by atoms with Crippen LogP contribution in [0.15, 0.2) is 30.3 Å². The van der Waals surface area contributed by atoms with Crippen LogP contribution in [0.2, 0.25) is 0 Å². The van der Waals surface area contributed by atoms with E-state index in [0.717, 1.165) is 13.1 Å². The second kappa shape index (κ2) is 5.48. The highest BCUT2D eigenvalue weighted by atomic mass is 32.1. The van der Waals surface area contributed by atoms with Crippen LogP contribution in [0.25, 0.3) is 0 Å². The third kappa shape index (κ3) is 3.18. The van der Waals surface area contributed by atoms with Gasteiger partial charge in [0.1, 0.15) is 0 Å². The van der Waals surface area contributed by atoms with Gasteiger partial charge in [-0.2, -0.15) is 0 Å². The smallest absolute Gasteiger partial charge is 0.0303 e. The van der Waals surface area contributed by atoms with Crippen molar-refractivity contribution in [2.24, 2.45) is 0 Å². The number of rotatable bonds is 4. The van der Waals surface area contributed by atoms with Gasteiger partial charge in [0, 0.05) is 22.8 Å². The van der Waals surface area contributed by atoms with E-state index >= 15 is 0 Å². The maximum atomic E-state index is 3.51. The average Bonchev–Trinajstić information content (AvgIpc) is 2.70. The highest BCUT2D eigenvalue weighted by Gasteiger charge is 2.01. The molecule has 2 aromatic rings. The number of hydrogen-bond acceptors (Lipinski definition) is 2. The van der Waals surface area contributed by atoms with Gasteiger partial charge in [0.25, 0.3) is 0 Å². The van der Waals surface area contributed by atoms with Gasteiger partial charge in [-0.05, 0) is 49.6 Å². The van der Waals surface area contributed by atoms with Crippen molar-refractivity contribution < 1.29 is 0 Å². The van der Waals surface area contributed by atoms with Gasteiger partial charge in [-0.3, -0.25) is 0 Å². The molecule has 0 aliphatic carbocycles. The molecule has 1 aromatic heterocycles. The summed E-state index contributed by atoms with van der Waals surface area (Å²) in [4.78, 5) is 2.79. The molecule has 1 nitrogen and oxygen atoms in total. The molecular weight excluding hydrogens is 226 g/mol. The summed E-state index contributed by atoms with van der Waals surface area (Å²) in [7, 11) is 0. The molecule has 2 heteroatoms. The van der Waals surface area contributed by atoms with E-state index in [1.807, 2.05) is 11.3 Å². The molecule has 0 bridgehead atoms. The molecule has 0 saturated heterocycles. The number of benzene rings is 1. The summed E-state index contributed by atoms with van der Waals surface area (Å²) in [5.41, 5.74) is 4.18. The van der Waals surface area contributed by atoms with Gasteiger partial charge in [-0.1, -0.05) is 18.2 Å². The Balaban J connectivity index is 1.92. The van der Waals surface area contributed by atoms with Crippen LogP contribution in [-0.2, 0) is 13.1 Å². The number of aryl methyl sites for hydroxylation is 2. The molecule has 1 aromatic carbocycles. The Kier molecular flexibility index (Phi) is 3.97. The summed E-state index contributed by atoms with van der Waals surface area (Å²) < 4.78 is 0. The van der Waals surface area contributed by atoms with Gasteiger partial charge in [0.05, 0.1) is 0 Å². The van der Waals surface area contributed by atoms with Crippen LogP contribution in [0.4, 0.5) is 0 Å². The van der Waals surface area contributed by atoms with Crippen molar-refractivity contribution in [1.82, 2.24) is 5.32 Å². The highest BCUT2D eigenvalue weighted by Crippen LogP contribution is 2.16. The van der Waals surface area contributed by atoms with Gasteiger partial charge in [-0.25, -0.2) is 0 Å². The summed E-state index contributed by atoms with van der Waals surface area (Å²) in [6.07, 6.45) is 0. The fourth-order valence-electron chi connectivity index (χ4n) is 1.90. The van der Waals surface area contributed by atoms with Crippen molar-refractivity contribution >= 4 is 11.3 Å². The molecular formula is C15H19NS. The summed E-state index contributed by atoms with van der Waals surface area (Å²) in [5, 5.41) is 3.51. The molecule has 0 atom stereocenters. The van der Waals surface area contributed by atoms with Crippen LogP contribution in [-0.4, -0.2) is 0 Å². The molecule has 2 rings (SSSR count). The van der Waals surface area contributed by atoms with Crippen LogP contribution in [0.1, 0.15) is 26.4 Å². The first-order chi connectivity index (χ1) is 8.16. The fraction of sp³-hybridized carbons (Fsp3) is 0.333. The standard InChI is InChI=1S/C15H19NS/c1-11-5-4-6-14(13(11)3)9-16-10-15-8-7-12(2)17-15/h4-8,16H,9-10H2,1-3H3. The van der Waals surface area contributed by atoms with Gasteiger partial charge in [0.15, 0.2) is 0 Å². The monoisotopic (exact) mass is 245 g/mol. The predicted octanol–water partition coefficient (Wildman–Crippen LogP) is 3.96. The Labute approximate surface area is 108 Å². The highest BCUT2D eigenvalue weighted by molar-refractivity contribution is 7.11. The summed E-state index contributed by atoms with van der Waals surface area (Å²) in [6, 6.07) is 10.9. The van der Waals surface area contributed by atoms with E-state index in [1.54, 1.807) is 0 Å². The number of hydrogen-bond donors (Lipinski definition) is 1. The molecule has 0 aliphatic rings. The zero-order valence-electron chi connectivity index (χ0n) is 10.7. The molecule has 0 amide bonds. The summed E-state index contributed by atoms with van der Waals surface area (Å²) >= 11 is 1.87. The third-order valence-electron chi connectivity index (χ3n) is 3.13. The van der Waals surface area contributed by atoms with Crippen molar-refractivity contribution in [2.75, 3.05) is 0 Å². The van der Waals surface area contributed by atoms with Crippen LogP contribution in [0, 0.1) is 20.8 Å². The molecule has 0 fully saturated rings. The lowest BCUT2D eigenvalue weighted by atomic mass is 10.0. The minimum atomic E-state index is 0.949. The molecule has 0 saturated carbocycles. The predicted molar refractivity (Wildman–Crippen MR) is 75.5 cm³/mol. The lowest BCUT2D eigenvalue weighted by Gasteiger charge is -2.09. The maximum Gasteiger partial charge on any atom is 0.0303 e. The molecule has 0 unspecified atom stereocenters. The van der Waals surface area contributed by atoms with E-state index in [1.165, 1.54) is 26.4 Å². The first-order valence-electron chi connectivity index (χ1n) is 5.98. The van der Waals surface area contributed by atoms with Crippen molar-refractivity contribution in [1.29, 1.82) is 0 Å². The van der Waals surface area contributed by atoms with Gasteiger partial charge in [-0.15, -0.1) is 11.3 Å². The van der Waals surface area contributed by atoms with Crippen LogP contribution < -0.4 is 5.32 Å². The Morgan fingerprint density at radius 2 is 1.82 bits per heavy atom.